The molecule has 1 aliphatic rings. The van der Waals surface area contributed by atoms with Crippen molar-refractivity contribution in [3.63, 3.8) is 0 Å². The summed E-state index contributed by atoms with van der Waals surface area (Å²) in [7, 11) is 0. The lowest BCUT2D eigenvalue weighted by Crippen LogP contribution is -2.43. The molecule has 2 rings (SSSR count). The fraction of sp³-hybridized carbons (Fsp3) is 0.571. The molecule has 1 aromatic rings. The highest BCUT2D eigenvalue weighted by Crippen LogP contribution is 2.24. The molecule has 104 valence electrons. The summed E-state index contributed by atoms with van der Waals surface area (Å²) < 4.78 is 13.7. The molecular weight excluding hydrogens is 267 g/mol. The molecule has 0 aromatic carbocycles. The molecule has 0 aliphatic heterocycles. The number of hydrogen-bond donors (Lipinski definition) is 0. The van der Waals surface area contributed by atoms with Gasteiger partial charge in [0.1, 0.15) is 0 Å². The quantitative estimate of drug-likeness (QED) is 0.795. The van der Waals surface area contributed by atoms with E-state index in [0.717, 1.165) is 31.9 Å². The number of pyridine rings is 1. The molecule has 1 heterocycles. The van der Waals surface area contributed by atoms with Crippen LogP contribution in [0.5, 0.6) is 0 Å². The average Bonchev–Trinajstić information content (AvgIpc) is 2.45. The van der Waals surface area contributed by atoms with Gasteiger partial charge < -0.3 is 4.90 Å². The second kappa shape index (κ2) is 6.85. The van der Waals surface area contributed by atoms with Crippen molar-refractivity contribution in [1.82, 2.24) is 9.88 Å². The van der Waals surface area contributed by atoms with Crippen LogP contribution in [0, 0.1) is 5.82 Å². The smallest absolute Gasteiger partial charge is 0.257 e. The van der Waals surface area contributed by atoms with Crippen LogP contribution in [-0.4, -0.2) is 34.3 Å². The van der Waals surface area contributed by atoms with Crippen molar-refractivity contribution in [2.75, 3.05) is 12.4 Å². The predicted octanol–water partition coefficient (Wildman–Crippen LogP) is 3.23. The third kappa shape index (κ3) is 3.44. The normalized spacial score (nSPS) is 16.3. The molecule has 1 aliphatic carbocycles. The number of halogens is 2. The van der Waals surface area contributed by atoms with Crippen molar-refractivity contribution in [1.29, 1.82) is 0 Å². The van der Waals surface area contributed by atoms with Crippen molar-refractivity contribution < 1.29 is 9.18 Å². The average molecular weight is 285 g/mol. The summed E-state index contributed by atoms with van der Waals surface area (Å²) in [6.07, 6.45) is 7.93. The van der Waals surface area contributed by atoms with Crippen molar-refractivity contribution in [3.05, 3.63) is 29.8 Å². The van der Waals surface area contributed by atoms with Crippen LogP contribution in [0.3, 0.4) is 0 Å². The van der Waals surface area contributed by atoms with E-state index in [0.29, 0.717) is 12.4 Å². The number of amides is 1. The third-order valence-corrected chi connectivity index (χ3v) is 3.77. The van der Waals surface area contributed by atoms with E-state index >= 15 is 0 Å². The number of hydrogen-bond acceptors (Lipinski definition) is 2. The van der Waals surface area contributed by atoms with Crippen LogP contribution >= 0.6 is 11.6 Å². The highest BCUT2D eigenvalue weighted by molar-refractivity contribution is 6.18. The van der Waals surface area contributed by atoms with Gasteiger partial charge in [-0.2, -0.15) is 0 Å². The molecular formula is C14H18ClFN2O. The van der Waals surface area contributed by atoms with Gasteiger partial charge in [-0.1, -0.05) is 19.3 Å². The van der Waals surface area contributed by atoms with Gasteiger partial charge in [0, 0.05) is 24.7 Å². The Kier molecular flexibility index (Phi) is 5.14. The topological polar surface area (TPSA) is 33.2 Å². The van der Waals surface area contributed by atoms with Crippen molar-refractivity contribution in [2.24, 2.45) is 0 Å². The lowest BCUT2D eigenvalue weighted by Gasteiger charge is -2.34. The number of carbonyl (C=O) groups is 1. The number of rotatable bonds is 4. The molecule has 1 fully saturated rings. The van der Waals surface area contributed by atoms with Gasteiger partial charge in [-0.3, -0.25) is 9.78 Å². The molecule has 0 spiro atoms. The Balaban J connectivity index is 2.18. The summed E-state index contributed by atoms with van der Waals surface area (Å²) in [6.45, 7) is 0.465. The van der Waals surface area contributed by atoms with Gasteiger partial charge in [0.2, 0.25) is 0 Å². The van der Waals surface area contributed by atoms with Crippen LogP contribution in [0.2, 0.25) is 0 Å². The Labute approximate surface area is 117 Å². The second-order valence-corrected chi connectivity index (χ2v) is 5.21. The van der Waals surface area contributed by atoms with Crippen LogP contribution < -0.4 is 0 Å². The standard InChI is InChI=1S/C14H18ClFN2O/c15-7-9-18(11-4-2-1-3-5-11)14(19)12-6-8-17-10-13(12)16/h6,8,10-11H,1-5,7,9H2. The molecule has 0 N–H and O–H groups in total. The summed E-state index contributed by atoms with van der Waals surface area (Å²) in [5.74, 6) is -0.468. The minimum atomic E-state index is -0.567. The first-order valence-corrected chi connectivity index (χ1v) is 7.24. The fourth-order valence-electron chi connectivity index (χ4n) is 2.64. The Bertz CT molecular complexity index is 435. The maximum absolute atomic E-state index is 13.7. The van der Waals surface area contributed by atoms with E-state index in [1.54, 1.807) is 4.90 Å². The largest absolute Gasteiger partial charge is 0.334 e. The van der Waals surface area contributed by atoms with Gasteiger partial charge in [-0.05, 0) is 18.9 Å². The Morgan fingerprint density at radius 2 is 2.16 bits per heavy atom. The first-order chi connectivity index (χ1) is 9.24. The molecule has 0 bridgehead atoms. The van der Waals surface area contributed by atoms with E-state index in [9.17, 15) is 9.18 Å². The lowest BCUT2D eigenvalue weighted by molar-refractivity contribution is 0.0644. The molecule has 0 radical (unpaired) electrons. The summed E-state index contributed by atoms with van der Waals surface area (Å²) in [5.41, 5.74) is 0.0886. The predicted molar refractivity (Wildman–Crippen MR) is 72.8 cm³/mol. The van der Waals surface area contributed by atoms with E-state index in [1.165, 1.54) is 18.7 Å². The van der Waals surface area contributed by atoms with E-state index in [4.69, 9.17) is 11.6 Å². The zero-order valence-corrected chi connectivity index (χ0v) is 11.6. The van der Waals surface area contributed by atoms with Gasteiger partial charge in [-0.15, -0.1) is 11.6 Å². The monoisotopic (exact) mass is 284 g/mol. The third-order valence-electron chi connectivity index (χ3n) is 3.60. The number of nitrogens with zero attached hydrogens (tertiary/aromatic N) is 2. The zero-order valence-electron chi connectivity index (χ0n) is 10.8. The first kappa shape index (κ1) is 14.3. The molecule has 0 unspecified atom stereocenters. The van der Waals surface area contributed by atoms with Crippen LogP contribution in [0.15, 0.2) is 18.5 Å². The summed E-state index contributed by atoms with van der Waals surface area (Å²) in [6, 6.07) is 1.62. The van der Waals surface area contributed by atoms with Crippen molar-refractivity contribution in [2.45, 2.75) is 38.1 Å². The Morgan fingerprint density at radius 1 is 1.42 bits per heavy atom. The number of carbonyl (C=O) groups excluding carboxylic acids is 1. The Morgan fingerprint density at radius 3 is 2.79 bits per heavy atom. The van der Waals surface area contributed by atoms with Crippen LogP contribution in [0.25, 0.3) is 0 Å². The van der Waals surface area contributed by atoms with Gasteiger partial charge >= 0.3 is 0 Å². The molecule has 0 atom stereocenters. The number of aromatic nitrogens is 1. The minimum Gasteiger partial charge on any atom is -0.334 e. The SMILES string of the molecule is O=C(c1ccncc1F)N(CCCl)C1CCCCC1. The van der Waals surface area contributed by atoms with E-state index in [-0.39, 0.29) is 17.5 Å². The molecule has 3 nitrogen and oxygen atoms in total. The molecule has 1 amide bonds. The summed E-state index contributed by atoms with van der Waals surface area (Å²) >= 11 is 5.79. The molecule has 19 heavy (non-hydrogen) atoms. The highest BCUT2D eigenvalue weighted by atomic mass is 35.5. The van der Waals surface area contributed by atoms with Crippen LogP contribution in [0.4, 0.5) is 4.39 Å². The maximum Gasteiger partial charge on any atom is 0.257 e. The minimum absolute atomic E-state index is 0.0886. The van der Waals surface area contributed by atoms with Crippen LogP contribution in [0.1, 0.15) is 42.5 Å². The fourth-order valence-corrected chi connectivity index (χ4v) is 2.82. The van der Waals surface area contributed by atoms with Gasteiger partial charge in [-0.25, -0.2) is 4.39 Å². The van der Waals surface area contributed by atoms with Crippen molar-refractivity contribution >= 4 is 17.5 Å². The molecule has 0 saturated heterocycles. The van der Waals surface area contributed by atoms with Crippen molar-refractivity contribution in [3.8, 4) is 0 Å². The van der Waals surface area contributed by atoms with E-state index in [1.807, 2.05) is 0 Å². The molecule has 1 aromatic heterocycles. The van der Waals surface area contributed by atoms with Gasteiger partial charge in [0.05, 0.1) is 11.8 Å². The molecule has 1 saturated carbocycles. The summed E-state index contributed by atoms with van der Waals surface area (Å²) in [4.78, 5) is 17.9. The zero-order chi connectivity index (χ0) is 13.7. The maximum atomic E-state index is 13.7. The number of alkyl halides is 1. The van der Waals surface area contributed by atoms with Gasteiger partial charge in [0.25, 0.3) is 5.91 Å². The van der Waals surface area contributed by atoms with Gasteiger partial charge in [0.15, 0.2) is 5.82 Å². The van der Waals surface area contributed by atoms with E-state index < -0.39 is 5.82 Å². The van der Waals surface area contributed by atoms with E-state index in [2.05, 4.69) is 4.98 Å². The lowest BCUT2D eigenvalue weighted by atomic mass is 9.93. The summed E-state index contributed by atoms with van der Waals surface area (Å²) in [5, 5.41) is 0. The Hall–Kier alpha value is -1.16. The highest BCUT2D eigenvalue weighted by Gasteiger charge is 2.27. The first-order valence-electron chi connectivity index (χ1n) is 6.70. The molecule has 5 heteroatoms. The van der Waals surface area contributed by atoms with Crippen LogP contribution in [-0.2, 0) is 0 Å². The second-order valence-electron chi connectivity index (χ2n) is 4.83.